The van der Waals surface area contributed by atoms with Crippen molar-refractivity contribution in [2.45, 2.75) is 25.7 Å². The highest BCUT2D eigenvalue weighted by Gasteiger charge is 2.29. The van der Waals surface area contributed by atoms with Crippen molar-refractivity contribution in [2.24, 2.45) is 7.05 Å². The number of nitrogens with zero attached hydrogens (tertiary/aromatic N) is 5. The van der Waals surface area contributed by atoms with E-state index in [0.29, 0.717) is 13.1 Å². The zero-order valence-electron chi connectivity index (χ0n) is 16.3. The molecule has 3 heterocycles. The quantitative estimate of drug-likeness (QED) is 0.679. The van der Waals surface area contributed by atoms with Crippen LogP contribution in [0, 0.1) is 18.6 Å². The number of hydrogen-bond donors (Lipinski definition) is 0. The van der Waals surface area contributed by atoms with Crippen LogP contribution in [0.1, 0.15) is 40.6 Å². The van der Waals surface area contributed by atoms with Crippen LogP contribution >= 0.6 is 0 Å². The third-order valence-corrected chi connectivity index (χ3v) is 5.39. The molecule has 150 valence electrons. The normalized spacial score (nSPS) is 16.8. The molecule has 0 aliphatic carbocycles. The first-order valence-electron chi connectivity index (χ1n) is 9.49. The molecule has 0 bridgehead atoms. The zero-order chi connectivity index (χ0) is 20.5. The Kier molecular flexibility index (Phi) is 5.08. The van der Waals surface area contributed by atoms with Gasteiger partial charge >= 0.3 is 0 Å². The third kappa shape index (κ3) is 3.74. The van der Waals surface area contributed by atoms with Crippen LogP contribution in [0.5, 0.6) is 0 Å². The van der Waals surface area contributed by atoms with Crippen molar-refractivity contribution in [1.29, 1.82) is 0 Å². The van der Waals surface area contributed by atoms with Gasteiger partial charge in [0.2, 0.25) is 0 Å². The molecular weight excluding hydrogens is 376 g/mol. The van der Waals surface area contributed by atoms with Crippen LogP contribution in [0.4, 0.5) is 8.78 Å². The van der Waals surface area contributed by atoms with Crippen LogP contribution in [-0.4, -0.2) is 43.4 Å². The van der Waals surface area contributed by atoms with Gasteiger partial charge in [-0.15, -0.1) is 0 Å². The summed E-state index contributed by atoms with van der Waals surface area (Å²) < 4.78 is 29.0. The summed E-state index contributed by atoms with van der Waals surface area (Å²) >= 11 is 0. The Morgan fingerprint density at radius 3 is 2.52 bits per heavy atom. The van der Waals surface area contributed by atoms with E-state index in [4.69, 9.17) is 0 Å². The Labute approximate surface area is 167 Å². The fourth-order valence-electron chi connectivity index (χ4n) is 3.81. The summed E-state index contributed by atoms with van der Waals surface area (Å²) in [6, 6.07) is 2.90. The molecule has 3 aromatic rings. The second-order valence-electron chi connectivity index (χ2n) is 7.29. The fraction of sp³-hybridized carbons (Fsp3) is 0.333. The maximum Gasteiger partial charge on any atom is 0.254 e. The van der Waals surface area contributed by atoms with Crippen LogP contribution in [0.25, 0.3) is 11.4 Å². The van der Waals surface area contributed by atoms with Crippen molar-refractivity contribution >= 4 is 5.91 Å². The number of carbonyl (C=O) groups excluding carboxylic acids is 1. The fourth-order valence-corrected chi connectivity index (χ4v) is 3.81. The lowest BCUT2D eigenvalue weighted by atomic mass is 9.92. The van der Waals surface area contributed by atoms with Crippen molar-refractivity contribution in [3.8, 4) is 11.4 Å². The van der Waals surface area contributed by atoms with Crippen molar-refractivity contribution < 1.29 is 13.6 Å². The van der Waals surface area contributed by atoms with Crippen LogP contribution in [0.2, 0.25) is 0 Å². The maximum absolute atomic E-state index is 13.5. The van der Waals surface area contributed by atoms with E-state index >= 15 is 0 Å². The Hall–Kier alpha value is -3.16. The van der Waals surface area contributed by atoms with E-state index in [2.05, 4.69) is 15.0 Å². The predicted molar refractivity (Wildman–Crippen MR) is 103 cm³/mol. The highest BCUT2D eigenvalue weighted by atomic mass is 19.1. The summed E-state index contributed by atoms with van der Waals surface area (Å²) in [5.74, 6) is -1.06. The number of aromatic nitrogens is 4. The van der Waals surface area contributed by atoms with Gasteiger partial charge < -0.3 is 9.47 Å². The Balaban J connectivity index is 1.63. The number of rotatable bonds is 3. The first kappa shape index (κ1) is 19.2. The summed E-state index contributed by atoms with van der Waals surface area (Å²) in [6.45, 7) is 2.87. The summed E-state index contributed by atoms with van der Waals surface area (Å²) in [7, 11) is 1.92. The monoisotopic (exact) mass is 397 g/mol. The van der Waals surface area contributed by atoms with Crippen LogP contribution < -0.4 is 0 Å². The molecular formula is C21H21F2N5O. The molecule has 0 saturated carbocycles. The molecule has 1 fully saturated rings. The van der Waals surface area contributed by atoms with Gasteiger partial charge in [-0.05, 0) is 31.9 Å². The number of imidazole rings is 1. The van der Waals surface area contributed by atoms with Gasteiger partial charge in [0.1, 0.15) is 23.2 Å². The van der Waals surface area contributed by atoms with Crippen LogP contribution in [-0.2, 0) is 7.05 Å². The molecule has 4 rings (SSSR count). The first-order valence-corrected chi connectivity index (χ1v) is 9.49. The lowest BCUT2D eigenvalue weighted by Crippen LogP contribution is -2.39. The smallest absolute Gasteiger partial charge is 0.254 e. The molecule has 0 unspecified atom stereocenters. The van der Waals surface area contributed by atoms with Crippen LogP contribution in [0.3, 0.4) is 0 Å². The van der Waals surface area contributed by atoms with Crippen molar-refractivity contribution in [1.82, 2.24) is 24.4 Å². The molecule has 1 aliphatic heterocycles. The zero-order valence-corrected chi connectivity index (χ0v) is 16.3. The summed E-state index contributed by atoms with van der Waals surface area (Å²) in [5.41, 5.74) is 2.43. The maximum atomic E-state index is 13.5. The average molecular weight is 397 g/mol. The molecule has 0 radical (unpaired) electrons. The van der Waals surface area contributed by atoms with E-state index < -0.39 is 11.6 Å². The van der Waals surface area contributed by atoms with Crippen LogP contribution in [0.15, 0.2) is 36.8 Å². The second kappa shape index (κ2) is 7.69. The number of halogens is 2. The molecule has 8 heteroatoms. The van der Waals surface area contributed by atoms with Crippen molar-refractivity contribution in [2.75, 3.05) is 13.1 Å². The van der Waals surface area contributed by atoms with Crippen molar-refractivity contribution in [3.63, 3.8) is 0 Å². The van der Waals surface area contributed by atoms with Gasteiger partial charge in [-0.2, -0.15) is 0 Å². The van der Waals surface area contributed by atoms with Gasteiger partial charge in [0, 0.05) is 50.1 Å². The molecule has 1 amide bonds. The molecule has 2 aromatic heterocycles. The summed E-state index contributed by atoms with van der Waals surface area (Å²) in [4.78, 5) is 27.9. The largest absolute Gasteiger partial charge is 0.338 e. The van der Waals surface area contributed by atoms with E-state index in [0.717, 1.165) is 53.9 Å². The number of carbonyl (C=O) groups is 1. The number of likely N-dealkylation sites (tertiary alicyclic amines) is 1. The highest BCUT2D eigenvalue weighted by molar-refractivity contribution is 5.94. The van der Waals surface area contributed by atoms with E-state index in [9.17, 15) is 13.6 Å². The molecule has 1 aliphatic rings. The van der Waals surface area contributed by atoms with Gasteiger partial charge in [0.25, 0.3) is 5.91 Å². The predicted octanol–water partition coefficient (Wildman–Crippen LogP) is 3.48. The minimum atomic E-state index is -0.760. The number of amides is 1. The third-order valence-electron chi connectivity index (χ3n) is 5.39. The van der Waals surface area contributed by atoms with Gasteiger partial charge in [-0.1, -0.05) is 0 Å². The van der Waals surface area contributed by atoms with Gasteiger partial charge in [0.05, 0.1) is 17.6 Å². The molecule has 0 N–H and O–H groups in total. The number of piperidine rings is 1. The van der Waals surface area contributed by atoms with Gasteiger partial charge in [-0.25, -0.2) is 13.8 Å². The summed E-state index contributed by atoms with van der Waals surface area (Å²) in [6.07, 6.45) is 6.68. The average Bonchev–Trinajstić information content (AvgIpc) is 3.05. The molecule has 1 atom stereocenters. The van der Waals surface area contributed by atoms with E-state index in [1.807, 2.05) is 18.5 Å². The number of benzene rings is 1. The minimum Gasteiger partial charge on any atom is -0.338 e. The van der Waals surface area contributed by atoms with Gasteiger partial charge in [-0.3, -0.25) is 14.8 Å². The van der Waals surface area contributed by atoms with E-state index in [1.54, 1.807) is 23.5 Å². The van der Waals surface area contributed by atoms with Crippen molar-refractivity contribution in [3.05, 3.63) is 65.5 Å². The molecule has 1 aromatic carbocycles. The minimum absolute atomic E-state index is 0.0183. The summed E-state index contributed by atoms with van der Waals surface area (Å²) in [5, 5.41) is 0. The number of aryl methyl sites for hydroxylation is 1. The SMILES string of the molecule is Cc1ncc(-c2nccnc2[C@H]2CCCN(C(=O)c3cc(F)cc(F)c3)C2)n1C. The molecule has 29 heavy (non-hydrogen) atoms. The Morgan fingerprint density at radius 2 is 1.83 bits per heavy atom. The molecule has 1 saturated heterocycles. The topological polar surface area (TPSA) is 63.9 Å². The Morgan fingerprint density at radius 1 is 1.10 bits per heavy atom. The van der Waals surface area contributed by atoms with Gasteiger partial charge in [0.15, 0.2) is 0 Å². The van der Waals surface area contributed by atoms with E-state index in [-0.39, 0.29) is 17.4 Å². The molecule has 0 spiro atoms. The Bertz CT molecular complexity index is 1040. The number of hydrogen-bond acceptors (Lipinski definition) is 4. The standard InChI is InChI=1S/C21H21F2N5O/c1-13-26-11-18(27(13)2)20-19(24-5-6-25-20)14-4-3-7-28(12-14)21(29)15-8-16(22)10-17(23)9-15/h5-6,8-11,14H,3-4,7,12H2,1-2H3/t14-/m0/s1. The first-order chi connectivity index (χ1) is 13.9. The molecule has 6 nitrogen and oxygen atoms in total. The highest BCUT2D eigenvalue weighted by Crippen LogP contribution is 2.32. The lowest BCUT2D eigenvalue weighted by molar-refractivity contribution is 0.0705. The van der Waals surface area contributed by atoms with E-state index in [1.165, 1.54) is 0 Å². The second-order valence-corrected chi connectivity index (χ2v) is 7.29. The lowest BCUT2D eigenvalue weighted by Gasteiger charge is -2.33.